The van der Waals surface area contributed by atoms with Crippen LogP contribution < -0.4 is 4.74 Å². The molecule has 0 atom stereocenters. The summed E-state index contributed by atoms with van der Waals surface area (Å²) in [6.07, 6.45) is 1.59. The molecule has 0 radical (unpaired) electrons. The summed E-state index contributed by atoms with van der Waals surface area (Å²) in [6.45, 7) is -0.561. The molecule has 2 rings (SSSR count). The van der Waals surface area contributed by atoms with Gasteiger partial charge in [-0.1, -0.05) is 0 Å². The van der Waals surface area contributed by atoms with Crippen LogP contribution in [0.15, 0.2) is 35.8 Å². The van der Waals surface area contributed by atoms with Gasteiger partial charge in [-0.3, -0.25) is 0 Å². The van der Waals surface area contributed by atoms with Crippen LogP contribution in [0.1, 0.15) is 5.56 Å². The Morgan fingerprint density at radius 2 is 2.29 bits per heavy atom. The summed E-state index contributed by atoms with van der Waals surface area (Å²) < 4.78 is 17.9. The lowest BCUT2D eigenvalue weighted by atomic mass is 10.3. The first-order valence-corrected chi connectivity index (χ1v) is 4.99. The van der Waals surface area contributed by atoms with Gasteiger partial charge in [0, 0.05) is 11.8 Å². The third kappa shape index (κ3) is 1.90. The molecule has 0 N–H and O–H groups in total. The molecule has 0 aliphatic carbocycles. The van der Waals surface area contributed by atoms with E-state index in [4.69, 9.17) is 4.74 Å². The highest BCUT2D eigenvalue weighted by Crippen LogP contribution is 2.27. The van der Waals surface area contributed by atoms with E-state index in [1.165, 1.54) is 11.3 Å². The topological polar surface area (TPSA) is 22.1 Å². The second kappa shape index (κ2) is 4.19. The first-order chi connectivity index (χ1) is 6.90. The largest absolute Gasteiger partial charge is 0.428 e. The third-order valence-electron chi connectivity index (χ3n) is 1.69. The average molecular weight is 209 g/mol. The van der Waals surface area contributed by atoms with Gasteiger partial charge in [0.2, 0.25) is 5.88 Å². The van der Waals surface area contributed by atoms with Crippen molar-refractivity contribution in [3.05, 3.63) is 41.4 Å². The summed E-state index contributed by atoms with van der Waals surface area (Å²) in [5.74, 6) is 0.345. The summed E-state index contributed by atoms with van der Waals surface area (Å²) in [6, 6.07) is 7.05. The van der Waals surface area contributed by atoms with Gasteiger partial charge in [-0.25, -0.2) is 9.37 Å². The van der Waals surface area contributed by atoms with Crippen molar-refractivity contribution < 1.29 is 9.13 Å². The maximum Gasteiger partial charge on any atom is 0.226 e. The number of halogens is 1. The Kier molecular flexibility index (Phi) is 2.74. The minimum absolute atomic E-state index is 0.345. The molecule has 0 amide bonds. The van der Waals surface area contributed by atoms with E-state index in [1.54, 1.807) is 18.3 Å². The molecule has 2 aromatic heterocycles. The van der Waals surface area contributed by atoms with Gasteiger partial charge in [-0.05, 0) is 29.6 Å². The molecule has 0 fully saturated rings. The first kappa shape index (κ1) is 9.15. The van der Waals surface area contributed by atoms with Crippen LogP contribution in [0.2, 0.25) is 0 Å². The molecule has 2 heterocycles. The van der Waals surface area contributed by atoms with Crippen LogP contribution in [0.5, 0.6) is 10.9 Å². The van der Waals surface area contributed by atoms with Crippen LogP contribution in [0.4, 0.5) is 4.39 Å². The van der Waals surface area contributed by atoms with Gasteiger partial charge in [0.15, 0.2) is 5.06 Å². The monoisotopic (exact) mass is 209 g/mol. The first-order valence-electron chi connectivity index (χ1n) is 4.11. The number of hydrogen-bond acceptors (Lipinski definition) is 3. The average Bonchev–Trinajstić information content (AvgIpc) is 2.71. The van der Waals surface area contributed by atoms with Crippen LogP contribution >= 0.6 is 11.3 Å². The van der Waals surface area contributed by atoms with Gasteiger partial charge >= 0.3 is 0 Å². The molecule has 0 aliphatic rings. The van der Waals surface area contributed by atoms with Crippen LogP contribution in [0.3, 0.4) is 0 Å². The van der Waals surface area contributed by atoms with E-state index < -0.39 is 6.67 Å². The number of ether oxygens (including phenoxy) is 1. The van der Waals surface area contributed by atoms with Crippen molar-refractivity contribution >= 4 is 11.3 Å². The number of thiophene rings is 1. The molecular formula is C10H8FNOS. The van der Waals surface area contributed by atoms with Crippen molar-refractivity contribution in [3.8, 4) is 10.9 Å². The molecule has 72 valence electrons. The summed E-state index contributed by atoms with van der Waals surface area (Å²) in [4.78, 5) is 3.97. The smallest absolute Gasteiger partial charge is 0.226 e. The minimum Gasteiger partial charge on any atom is -0.428 e. The predicted octanol–water partition coefficient (Wildman–Crippen LogP) is 3.40. The van der Waals surface area contributed by atoms with Crippen molar-refractivity contribution in [3.63, 3.8) is 0 Å². The van der Waals surface area contributed by atoms with E-state index in [1.807, 2.05) is 17.5 Å². The Morgan fingerprint density at radius 3 is 3.00 bits per heavy atom. The standard InChI is InChI=1S/C10H8FNOS/c11-7-8-3-1-5-12-10(8)13-9-4-2-6-14-9/h1-6H,7H2. The van der Waals surface area contributed by atoms with E-state index >= 15 is 0 Å². The second-order valence-electron chi connectivity index (χ2n) is 2.64. The maximum atomic E-state index is 12.5. The lowest BCUT2D eigenvalue weighted by Crippen LogP contribution is -1.90. The third-order valence-corrected chi connectivity index (χ3v) is 2.43. The number of rotatable bonds is 3. The van der Waals surface area contributed by atoms with Crippen LogP contribution in [-0.2, 0) is 6.67 Å². The lowest BCUT2D eigenvalue weighted by Gasteiger charge is -2.04. The maximum absolute atomic E-state index is 12.5. The zero-order chi connectivity index (χ0) is 9.80. The number of hydrogen-bond donors (Lipinski definition) is 0. The summed E-state index contributed by atoms with van der Waals surface area (Å²) in [5.41, 5.74) is 0.473. The lowest BCUT2D eigenvalue weighted by molar-refractivity contribution is 0.433. The summed E-state index contributed by atoms with van der Waals surface area (Å²) >= 11 is 1.45. The Bertz CT molecular complexity index is 402. The van der Waals surface area contributed by atoms with Gasteiger partial charge in [0.1, 0.15) is 6.67 Å². The van der Waals surface area contributed by atoms with Crippen LogP contribution in [0, 0.1) is 0 Å². The molecular weight excluding hydrogens is 201 g/mol. The van der Waals surface area contributed by atoms with E-state index in [0.717, 1.165) is 5.06 Å². The molecule has 0 spiro atoms. The normalized spacial score (nSPS) is 10.1. The Morgan fingerprint density at radius 1 is 1.36 bits per heavy atom. The molecule has 0 saturated carbocycles. The second-order valence-corrected chi connectivity index (χ2v) is 3.55. The van der Waals surface area contributed by atoms with Crippen LogP contribution in [0.25, 0.3) is 0 Å². The highest BCUT2D eigenvalue weighted by atomic mass is 32.1. The number of nitrogens with zero attached hydrogens (tertiary/aromatic N) is 1. The fourth-order valence-corrected chi connectivity index (χ4v) is 1.61. The predicted molar refractivity (Wildman–Crippen MR) is 53.4 cm³/mol. The Hall–Kier alpha value is -1.42. The molecule has 0 bridgehead atoms. The SMILES string of the molecule is FCc1cccnc1Oc1cccs1. The van der Waals surface area contributed by atoms with Gasteiger partial charge in [0.05, 0.1) is 0 Å². The quantitative estimate of drug-likeness (QED) is 0.772. The Labute approximate surface area is 85.0 Å². The zero-order valence-corrected chi connectivity index (χ0v) is 8.13. The number of alkyl halides is 1. The van der Waals surface area contributed by atoms with E-state index in [0.29, 0.717) is 11.4 Å². The molecule has 0 aromatic carbocycles. The van der Waals surface area contributed by atoms with Crippen molar-refractivity contribution in [1.82, 2.24) is 4.98 Å². The van der Waals surface area contributed by atoms with Gasteiger partial charge in [-0.15, -0.1) is 11.3 Å². The summed E-state index contributed by atoms with van der Waals surface area (Å²) in [7, 11) is 0. The Balaban J connectivity index is 2.24. The van der Waals surface area contributed by atoms with Gasteiger partial charge in [-0.2, -0.15) is 0 Å². The van der Waals surface area contributed by atoms with Crippen molar-refractivity contribution in [1.29, 1.82) is 0 Å². The van der Waals surface area contributed by atoms with Crippen molar-refractivity contribution in [2.24, 2.45) is 0 Å². The van der Waals surface area contributed by atoms with E-state index in [2.05, 4.69) is 4.98 Å². The molecule has 0 aliphatic heterocycles. The molecule has 2 aromatic rings. The van der Waals surface area contributed by atoms with E-state index in [-0.39, 0.29) is 0 Å². The van der Waals surface area contributed by atoms with Crippen molar-refractivity contribution in [2.45, 2.75) is 6.67 Å². The highest BCUT2D eigenvalue weighted by Gasteiger charge is 2.05. The van der Waals surface area contributed by atoms with Crippen molar-refractivity contribution in [2.75, 3.05) is 0 Å². The molecule has 4 heteroatoms. The highest BCUT2D eigenvalue weighted by molar-refractivity contribution is 7.11. The summed E-state index contributed by atoms with van der Waals surface area (Å²) in [5, 5.41) is 2.62. The van der Waals surface area contributed by atoms with Gasteiger partial charge < -0.3 is 4.74 Å². The number of pyridine rings is 1. The zero-order valence-electron chi connectivity index (χ0n) is 7.31. The fourth-order valence-electron chi connectivity index (χ4n) is 1.03. The molecule has 2 nitrogen and oxygen atoms in total. The molecule has 0 unspecified atom stereocenters. The fraction of sp³-hybridized carbons (Fsp3) is 0.100. The number of aromatic nitrogens is 1. The minimum atomic E-state index is -0.561. The van der Waals surface area contributed by atoms with E-state index in [9.17, 15) is 4.39 Å². The molecule has 0 saturated heterocycles. The van der Waals surface area contributed by atoms with Gasteiger partial charge in [0.25, 0.3) is 0 Å². The van der Waals surface area contributed by atoms with Crippen LogP contribution in [-0.4, -0.2) is 4.98 Å². The molecule has 14 heavy (non-hydrogen) atoms.